The Bertz CT molecular complexity index is 1590. The molecule has 0 radical (unpaired) electrons. The Hall–Kier alpha value is -3.75. The lowest BCUT2D eigenvalue weighted by Crippen LogP contribution is -2.50. The first-order valence-electron chi connectivity index (χ1n) is 15.4. The largest absolute Gasteiger partial charge is 0.492 e. The van der Waals surface area contributed by atoms with Crippen LogP contribution in [-0.2, 0) is 17.8 Å². The minimum absolute atomic E-state index is 0.285. The minimum atomic E-state index is -0.348. The van der Waals surface area contributed by atoms with Crippen LogP contribution in [-0.4, -0.2) is 47.4 Å². The Morgan fingerprint density at radius 1 is 1.02 bits per heavy atom. The Morgan fingerprint density at radius 2 is 1.80 bits per heavy atom. The van der Waals surface area contributed by atoms with E-state index in [2.05, 4.69) is 50.0 Å². The monoisotopic (exact) mass is 612 g/mol. The van der Waals surface area contributed by atoms with Gasteiger partial charge < -0.3 is 14.2 Å². The fraction of sp³-hybridized carbons (Fsp3) is 0.389. The first-order chi connectivity index (χ1) is 21.2. The van der Waals surface area contributed by atoms with Crippen LogP contribution >= 0.6 is 11.8 Å². The number of fused-ring (bicyclic) bond motifs is 1. The topological polar surface area (TPSA) is 77.1 Å². The van der Waals surface area contributed by atoms with Crippen molar-refractivity contribution in [2.45, 2.75) is 71.6 Å². The fourth-order valence-corrected chi connectivity index (χ4v) is 7.17. The summed E-state index contributed by atoms with van der Waals surface area (Å²) < 4.78 is 19.5. The van der Waals surface area contributed by atoms with Gasteiger partial charge in [-0.2, -0.15) is 0 Å². The number of imide groups is 1. The first kappa shape index (κ1) is 30.3. The summed E-state index contributed by atoms with van der Waals surface area (Å²) in [5, 5.41) is 1.95. The van der Waals surface area contributed by atoms with Crippen LogP contribution in [0, 0.1) is 20.8 Å². The average molecular weight is 613 g/mol. The van der Waals surface area contributed by atoms with Crippen LogP contribution in [0.15, 0.2) is 59.5 Å². The maximum Gasteiger partial charge on any atom is 0.290 e. The number of carbonyl (C=O) groups excluding carboxylic acids is 2. The summed E-state index contributed by atoms with van der Waals surface area (Å²) in [6, 6.07) is 18.3. The average Bonchev–Trinajstić information content (AvgIpc) is 3.59. The summed E-state index contributed by atoms with van der Waals surface area (Å²) in [7, 11) is 0. The molecule has 44 heavy (non-hydrogen) atoms. The smallest absolute Gasteiger partial charge is 0.290 e. The molecule has 0 saturated carbocycles. The van der Waals surface area contributed by atoms with Gasteiger partial charge in [0.1, 0.15) is 36.1 Å². The van der Waals surface area contributed by atoms with E-state index in [4.69, 9.17) is 14.2 Å². The van der Waals surface area contributed by atoms with Gasteiger partial charge in [-0.05, 0) is 118 Å². The summed E-state index contributed by atoms with van der Waals surface area (Å²) in [6.07, 6.45) is 5.87. The summed E-state index contributed by atoms with van der Waals surface area (Å²) in [5.41, 5.74) is 6.51. The number of likely N-dealkylation sites (tertiary alicyclic amines) is 1. The molecule has 0 spiro atoms. The van der Waals surface area contributed by atoms with Gasteiger partial charge in [-0.1, -0.05) is 42.5 Å². The number of rotatable bonds is 9. The van der Waals surface area contributed by atoms with Gasteiger partial charge >= 0.3 is 0 Å². The molecule has 3 aromatic rings. The zero-order valence-electron chi connectivity index (χ0n) is 25.9. The van der Waals surface area contributed by atoms with E-state index in [1.165, 1.54) is 16.7 Å². The predicted molar refractivity (Wildman–Crippen MR) is 174 cm³/mol. The van der Waals surface area contributed by atoms with Gasteiger partial charge in [0.2, 0.25) is 0 Å². The summed E-state index contributed by atoms with van der Waals surface area (Å²) in [5.74, 6) is 2.45. The molecular formula is C36H40N2O5S. The maximum absolute atomic E-state index is 11.8. The number of carbonyl (C=O) groups is 2. The molecule has 8 heteroatoms. The first-order valence-corrected chi connectivity index (χ1v) is 16.2. The second kappa shape index (κ2) is 12.7. The number of hydrogen-bond acceptors (Lipinski definition) is 7. The van der Waals surface area contributed by atoms with Gasteiger partial charge in [-0.15, -0.1) is 0 Å². The Labute approximate surface area is 264 Å². The highest BCUT2D eigenvalue weighted by Gasteiger charge is 2.39. The van der Waals surface area contributed by atoms with Crippen LogP contribution < -0.4 is 19.5 Å². The molecule has 1 N–H and O–H groups in total. The molecule has 3 aliphatic rings. The van der Waals surface area contributed by atoms with Crippen LogP contribution in [0.4, 0.5) is 4.79 Å². The highest BCUT2D eigenvalue weighted by molar-refractivity contribution is 8.18. The molecule has 2 amide bonds. The molecular weight excluding hydrogens is 572 g/mol. The van der Waals surface area contributed by atoms with E-state index in [1.807, 2.05) is 42.5 Å². The van der Waals surface area contributed by atoms with Crippen molar-refractivity contribution in [2.24, 2.45) is 0 Å². The van der Waals surface area contributed by atoms with E-state index < -0.39 is 0 Å². The molecule has 230 valence electrons. The van der Waals surface area contributed by atoms with Crippen molar-refractivity contribution in [3.63, 3.8) is 0 Å². The van der Waals surface area contributed by atoms with Gasteiger partial charge in [-0.3, -0.25) is 19.8 Å². The summed E-state index contributed by atoms with van der Waals surface area (Å²) in [6.45, 7) is 11.8. The van der Waals surface area contributed by atoms with Gasteiger partial charge in [0, 0.05) is 18.2 Å². The van der Waals surface area contributed by atoms with Gasteiger partial charge in [0.15, 0.2) is 0 Å². The standard InChI is InChI=1S/C36H40N2O5S/c1-23-24(2)33-30(25(3)32(23)42-20-27-9-6-5-7-10-27)16-17-36(4,43-33)22-38-18-8-11-28(38)21-41-29-14-12-26(13-15-29)19-31-34(39)37-35(40)44-31/h5-7,9-10,12-15,19,28H,8,11,16-18,20-22H2,1-4H3,(H,37,39,40)/b31-19+. The molecule has 3 heterocycles. The number of ether oxygens (including phenoxy) is 3. The van der Waals surface area contributed by atoms with Crippen LogP contribution in [0.25, 0.3) is 6.08 Å². The lowest BCUT2D eigenvalue weighted by atomic mass is 9.86. The zero-order chi connectivity index (χ0) is 30.8. The number of hydrogen-bond donors (Lipinski definition) is 1. The molecule has 7 nitrogen and oxygen atoms in total. The van der Waals surface area contributed by atoms with Crippen molar-refractivity contribution in [2.75, 3.05) is 19.7 Å². The molecule has 6 rings (SSSR count). The Morgan fingerprint density at radius 3 is 2.52 bits per heavy atom. The molecule has 3 aromatic carbocycles. The van der Waals surface area contributed by atoms with Crippen LogP contribution in [0.5, 0.6) is 17.2 Å². The number of thioether (sulfide) groups is 1. The van der Waals surface area contributed by atoms with Crippen molar-refractivity contribution in [3.8, 4) is 17.2 Å². The predicted octanol–water partition coefficient (Wildman–Crippen LogP) is 7.14. The summed E-state index contributed by atoms with van der Waals surface area (Å²) >= 11 is 0.923. The van der Waals surface area contributed by atoms with Crippen molar-refractivity contribution < 1.29 is 23.8 Å². The zero-order valence-corrected chi connectivity index (χ0v) is 26.7. The highest BCUT2D eigenvalue weighted by atomic mass is 32.2. The molecule has 0 aliphatic carbocycles. The van der Waals surface area contributed by atoms with Crippen LogP contribution in [0.3, 0.4) is 0 Å². The van der Waals surface area contributed by atoms with Crippen molar-refractivity contribution in [1.82, 2.24) is 10.2 Å². The van der Waals surface area contributed by atoms with Gasteiger partial charge in [0.05, 0.1) is 4.91 Å². The molecule has 2 atom stereocenters. The molecule has 0 aromatic heterocycles. The van der Waals surface area contributed by atoms with Gasteiger partial charge in [0.25, 0.3) is 11.1 Å². The van der Waals surface area contributed by atoms with Crippen molar-refractivity contribution in [3.05, 3.63) is 92.9 Å². The lowest BCUT2D eigenvalue weighted by Gasteiger charge is -2.41. The SMILES string of the molecule is Cc1c(C)c2c(c(C)c1OCc1ccccc1)CCC(C)(CN1CCCC1COc1ccc(/C=C3/SC(=O)NC3=O)cc1)O2. The number of nitrogens with zero attached hydrogens (tertiary/aromatic N) is 1. The maximum atomic E-state index is 11.8. The normalized spacial score (nSPS) is 22.5. The van der Waals surface area contributed by atoms with E-state index in [0.29, 0.717) is 24.2 Å². The molecule has 2 fully saturated rings. The van der Waals surface area contributed by atoms with E-state index >= 15 is 0 Å². The number of nitrogens with one attached hydrogen (secondary N) is 1. The third-order valence-electron chi connectivity index (χ3n) is 9.09. The van der Waals surface area contributed by atoms with E-state index in [-0.39, 0.29) is 16.7 Å². The number of amides is 2. The second-order valence-electron chi connectivity index (χ2n) is 12.3. The molecule has 2 unspecified atom stereocenters. The summed E-state index contributed by atoms with van der Waals surface area (Å²) in [4.78, 5) is 26.2. The van der Waals surface area contributed by atoms with Crippen LogP contribution in [0.1, 0.15) is 59.6 Å². The van der Waals surface area contributed by atoms with E-state index in [0.717, 1.165) is 84.5 Å². The fourth-order valence-electron chi connectivity index (χ4n) is 6.49. The third kappa shape index (κ3) is 6.52. The van der Waals surface area contributed by atoms with E-state index in [1.54, 1.807) is 6.08 Å². The quantitative estimate of drug-likeness (QED) is 0.257. The highest BCUT2D eigenvalue weighted by Crippen LogP contribution is 2.44. The van der Waals surface area contributed by atoms with Crippen molar-refractivity contribution >= 4 is 29.0 Å². The van der Waals surface area contributed by atoms with Gasteiger partial charge in [-0.25, -0.2) is 0 Å². The molecule has 2 saturated heterocycles. The van der Waals surface area contributed by atoms with Crippen LogP contribution in [0.2, 0.25) is 0 Å². The second-order valence-corrected chi connectivity index (χ2v) is 13.4. The van der Waals surface area contributed by atoms with E-state index in [9.17, 15) is 9.59 Å². The third-order valence-corrected chi connectivity index (χ3v) is 9.90. The lowest BCUT2D eigenvalue weighted by molar-refractivity contribution is -0.115. The number of benzene rings is 3. The Balaban J connectivity index is 1.08. The molecule has 3 aliphatic heterocycles. The Kier molecular flexibility index (Phi) is 8.74. The van der Waals surface area contributed by atoms with Crippen molar-refractivity contribution in [1.29, 1.82) is 0 Å². The minimum Gasteiger partial charge on any atom is -0.492 e. The molecule has 0 bridgehead atoms.